The summed E-state index contributed by atoms with van der Waals surface area (Å²) in [5.41, 5.74) is 7.60. The fourth-order valence-electron chi connectivity index (χ4n) is 2.02. The zero-order chi connectivity index (χ0) is 15.6. The van der Waals surface area contributed by atoms with Crippen molar-refractivity contribution in [1.82, 2.24) is 9.97 Å². The van der Waals surface area contributed by atoms with E-state index in [1.165, 1.54) is 7.11 Å². The molecule has 2 rings (SSSR count). The van der Waals surface area contributed by atoms with E-state index in [2.05, 4.69) is 20.0 Å². The van der Waals surface area contributed by atoms with E-state index >= 15 is 0 Å². The van der Waals surface area contributed by atoms with E-state index in [-0.39, 0.29) is 11.7 Å². The molecule has 0 bridgehead atoms. The van der Waals surface area contributed by atoms with Gasteiger partial charge in [0, 0.05) is 4.88 Å². The van der Waals surface area contributed by atoms with Crippen LogP contribution in [0.3, 0.4) is 0 Å². The maximum Gasteiger partial charge on any atom is 0.356 e. The van der Waals surface area contributed by atoms with Gasteiger partial charge in [-0.25, -0.2) is 14.8 Å². The summed E-state index contributed by atoms with van der Waals surface area (Å²) in [4.78, 5) is 21.3. The van der Waals surface area contributed by atoms with E-state index in [1.807, 2.05) is 20.8 Å². The molecule has 0 saturated heterocycles. The fraction of sp³-hybridized carbons (Fsp3) is 0.357. The number of nitrogen functional groups attached to an aromatic ring is 1. The minimum atomic E-state index is -0.490. The summed E-state index contributed by atoms with van der Waals surface area (Å²) in [7, 11) is 1.32. The summed E-state index contributed by atoms with van der Waals surface area (Å²) in [5, 5.41) is 4.24. The lowest BCUT2D eigenvalue weighted by atomic mass is 10.2. The second-order valence-corrected chi connectivity index (χ2v) is 5.91. The third kappa shape index (κ3) is 3.30. The van der Waals surface area contributed by atoms with Crippen LogP contribution in [0, 0.1) is 13.8 Å². The molecule has 0 aliphatic carbocycles. The van der Waals surface area contributed by atoms with E-state index in [1.54, 1.807) is 23.5 Å². The van der Waals surface area contributed by atoms with Gasteiger partial charge in [-0.15, -0.1) is 11.3 Å². The number of methoxy groups -OCH3 is 1. The number of ether oxygens (including phenoxy) is 1. The lowest BCUT2D eigenvalue weighted by Gasteiger charge is -2.15. The summed E-state index contributed by atoms with van der Waals surface area (Å²) >= 11 is 1.63. The molecule has 2 heterocycles. The number of rotatable bonds is 4. The van der Waals surface area contributed by atoms with Crippen molar-refractivity contribution in [2.45, 2.75) is 26.8 Å². The molecule has 0 radical (unpaired) electrons. The van der Waals surface area contributed by atoms with Crippen LogP contribution in [-0.4, -0.2) is 23.0 Å². The van der Waals surface area contributed by atoms with Gasteiger partial charge >= 0.3 is 5.97 Å². The highest BCUT2D eigenvalue weighted by molar-refractivity contribution is 7.11. The van der Waals surface area contributed by atoms with Crippen molar-refractivity contribution in [2.24, 2.45) is 0 Å². The smallest absolute Gasteiger partial charge is 0.356 e. The van der Waals surface area contributed by atoms with E-state index in [0.29, 0.717) is 11.5 Å². The normalized spacial score (nSPS) is 12.0. The highest BCUT2D eigenvalue weighted by Gasteiger charge is 2.16. The van der Waals surface area contributed by atoms with E-state index < -0.39 is 5.97 Å². The first-order chi connectivity index (χ1) is 9.92. The van der Waals surface area contributed by atoms with Crippen molar-refractivity contribution in [2.75, 3.05) is 18.2 Å². The van der Waals surface area contributed by atoms with E-state index in [9.17, 15) is 4.79 Å². The van der Waals surface area contributed by atoms with Crippen LogP contribution in [0.5, 0.6) is 0 Å². The Balaban J connectivity index is 2.26. The van der Waals surface area contributed by atoms with Crippen molar-refractivity contribution < 1.29 is 9.53 Å². The quantitative estimate of drug-likeness (QED) is 0.844. The summed E-state index contributed by atoms with van der Waals surface area (Å²) in [6.07, 6.45) is 0. The van der Waals surface area contributed by atoms with Gasteiger partial charge in [0.25, 0.3) is 0 Å². The molecule has 1 unspecified atom stereocenters. The van der Waals surface area contributed by atoms with Crippen LogP contribution in [0.1, 0.15) is 39.0 Å². The topological polar surface area (TPSA) is 90.1 Å². The highest BCUT2D eigenvalue weighted by Crippen LogP contribution is 2.28. The molecule has 7 heteroatoms. The number of aromatic nitrogens is 2. The molecule has 0 spiro atoms. The van der Waals surface area contributed by atoms with Crippen molar-refractivity contribution in [3.05, 3.63) is 33.4 Å². The summed E-state index contributed by atoms with van der Waals surface area (Å²) in [6.45, 7) is 5.95. The molecular formula is C14H18N4O2S. The SMILES string of the molecule is COC(=O)c1ccc(N)c(NC(C)c2sc(C)nc2C)n1. The molecule has 0 aromatic carbocycles. The molecule has 0 saturated carbocycles. The summed E-state index contributed by atoms with van der Waals surface area (Å²) in [6, 6.07) is 3.18. The zero-order valence-corrected chi connectivity index (χ0v) is 13.2. The first-order valence-corrected chi connectivity index (χ1v) is 7.29. The van der Waals surface area contributed by atoms with Crippen LogP contribution in [0.15, 0.2) is 12.1 Å². The third-order valence-electron chi connectivity index (χ3n) is 3.01. The number of nitrogens with zero attached hydrogens (tertiary/aromatic N) is 2. The summed E-state index contributed by atoms with van der Waals surface area (Å²) < 4.78 is 4.67. The minimum Gasteiger partial charge on any atom is -0.464 e. The van der Waals surface area contributed by atoms with Crippen molar-refractivity contribution in [3.63, 3.8) is 0 Å². The van der Waals surface area contributed by atoms with Gasteiger partial charge in [-0.1, -0.05) is 0 Å². The lowest BCUT2D eigenvalue weighted by molar-refractivity contribution is 0.0594. The Kier molecular flexibility index (Phi) is 4.42. The van der Waals surface area contributed by atoms with Crippen LogP contribution < -0.4 is 11.1 Å². The van der Waals surface area contributed by atoms with E-state index in [4.69, 9.17) is 5.73 Å². The van der Waals surface area contributed by atoms with Gasteiger partial charge in [-0.2, -0.15) is 0 Å². The molecule has 0 fully saturated rings. The lowest BCUT2D eigenvalue weighted by Crippen LogP contribution is -2.12. The average Bonchev–Trinajstić information content (AvgIpc) is 2.79. The number of carbonyl (C=O) groups is 1. The van der Waals surface area contributed by atoms with E-state index in [0.717, 1.165) is 15.6 Å². The van der Waals surface area contributed by atoms with Crippen molar-refractivity contribution in [1.29, 1.82) is 0 Å². The van der Waals surface area contributed by atoms with Crippen LogP contribution in [0.25, 0.3) is 0 Å². The average molecular weight is 306 g/mol. The highest BCUT2D eigenvalue weighted by atomic mass is 32.1. The summed E-state index contributed by atoms with van der Waals surface area (Å²) in [5.74, 6) is -0.0219. The van der Waals surface area contributed by atoms with Gasteiger partial charge in [-0.3, -0.25) is 0 Å². The first kappa shape index (κ1) is 15.2. The number of nitrogens with one attached hydrogen (secondary N) is 1. The molecule has 0 aliphatic heterocycles. The monoisotopic (exact) mass is 306 g/mol. The Hall–Kier alpha value is -2.15. The molecular weight excluding hydrogens is 288 g/mol. The largest absolute Gasteiger partial charge is 0.464 e. The molecule has 0 aliphatic rings. The Bertz CT molecular complexity index is 669. The number of carbonyl (C=O) groups excluding carboxylic acids is 1. The number of anilines is 2. The fourth-order valence-corrected chi connectivity index (χ4v) is 2.95. The van der Waals surface area contributed by atoms with Crippen LogP contribution >= 0.6 is 11.3 Å². The van der Waals surface area contributed by atoms with Crippen molar-refractivity contribution >= 4 is 28.8 Å². The predicted octanol–water partition coefficient (Wildman–Crippen LogP) is 2.70. The Morgan fingerprint density at radius 2 is 2.10 bits per heavy atom. The molecule has 112 valence electrons. The number of esters is 1. The molecule has 2 aromatic rings. The Morgan fingerprint density at radius 1 is 1.38 bits per heavy atom. The number of nitrogens with two attached hydrogens (primary N) is 1. The standard InChI is InChI=1S/C14H18N4O2S/c1-7-12(21-9(3)16-7)8(2)17-13-10(15)5-6-11(18-13)14(19)20-4/h5-6,8H,15H2,1-4H3,(H,17,18). The minimum absolute atomic E-state index is 0.00102. The molecule has 3 N–H and O–H groups in total. The molecule has 6 nitrogen and oxygen atoms in total. The number of pyridine rings is 1. The van der Waals surface area contributed by atoms with Gasteiger partial charge in [-0.05, 0) is 32.9 Å². The number of aryl methyl sites for hydroxylation is 2. The van der Waals surface area contributed by atoms with Gasteiger partial charge in [0.2, 0.25) is 0 Å². The first-order valence-electron chi connectivity index (χ1n) is 6.47. The number of thiazole rings is 1. The van der Waals surface area contributed by atoms with Crippen molar-refractivity contribution in [3.8, 4) is 0 Å². The van der Waals surface area contributed by atoms with Gasteiger partial charge in [0.15, 0.2) is 11.5 Å². The second-order valence-electron chi connectivity index (χ2n) is 4.67. The van der Waals surface area contributed by atoms with Gasteiger partial charge in [0.05, 0.1) is 29.5 Å². The molecule has 0 amide bonds. The predicted molar refractivity (Wildman–Crippen MR) is 83.6 cm³/mol. The molecule has 1 atom stereocenters. The zero-order valence-electron chi connectivity index (χ0n) is 12.4. The van der Waals surface area contributed by atoms with Gasteiger partial charge < -0.3 is 15.8 Å². The Labute approximate surface area is 127 Å². The number of hydrogen-bond acceptors (Lipinski definition) is 7. The van der Waals surface area contributed by atoms with Crippen LogP contribution in [0.2, 0.25) is 0 Å². The molecule has 21 heavy (non-hydrogen) atoms. The maximum absolute atomic E-state index is 11.5. The van der Waals surface area contributed by atoms with Gasteiger partial charge in [0.1, 0.15) is 0 Å². The van der Waals surface area contributed by atoms with Crippen LogP contribution in [0.4, 0.5) is 11.5 Å². The maximum atomic E-state index is 11.5. The third-order valence-corrected chi connectivity index (χ3v) is 4.26. The molecule has 2 aromatic heterocycles. The number of hydrogen-bond donors (Lipinski definition) is 2. The Morgan fingerprint density at radius 3 is 2.67 bits per heavy atom. The van der Waals surface area contributed by atoms with Crippen LogP contribution in [-0.2, 0) is 4.74 Å². The second kappa shape index (κ2) is 6.09.